The Kier molecular flexibility index (Phi) is 4.14. The van der Waals surface area contributed by atoms with Crippen LogP contribution in [0.5, 0.6) is 0 Å². The number of aromatic nitrogens is 1. The van der Waals surface area contributed by atoms with Crippen LogP contribution >= 0.6 is 0 Å². The molecule has 108 valence electrons. The van der Waals surface area contributed by atoms with E-state index in [1.807, 2.05) is 17.7 Å². The predicted octanol–water partition coefficient (Wildman–Crippen LogP) is 2.98. The van der Waals surface area contributed by atoms with Crippen LogP contribution < -0.4 is 5.73 Å². The fourth-order valence-corrected chi connectivity index (χ4v) is 2.65. The Balaban J connectivity index is 2.84. The molecule has 0 spiro atoms. The molecule has 4 heteroatoms. The maximum Gasteiger partial charge on any atom is 0.337 e. The second-order valence-electron chi connectivity index (χ2n) is 5.39. The van der Waals surface area contributed by atoms with E-state index in [2.05, 4.69) is 19.9 Å². The van der Waals surface area contributed by atoms with Crippen LogP contribution in [0.25, 0.3) is 10.9 Å². The molecule has 0 aliphatic heterocycles. The molecule has 0 radical (unpaired) electrons. The second-order valence-corrected chi connectivity index (χ2v) is 5.39. The Morgan fingerprint density at radius 2 is 2.10 bits per heavy atom. The number of benzene rings is 1. The Morgan fingerprint density at radius 1 is 1.40 bits per heavy atom. The summed E-state index contributed by atoms with van der Waals surface area (Å²) in [4.78, 5) is 11.6. The molecule has 20 heavy (non-hydrogen) atoms. The van der Waals surface area contributed by atoms with Crippen molar-refractivity contribution in [1.29, 1.82) is 0 Å². The van der Waals surface area contributed by atoms with E-state index in [1.165, 1.54) is 0 Å². The van der Waals surface area contributed by atoms with Gasteiger partial charge in [-0.05, 0) is 56.5 Å². The van der Waals surface area contributed by atoms with Crippen molar-refractivity contribution in [1.82, 2.24) is 4.57 Å². The van der Waals surface area contributed by atoms with Crippen molar-refractivity contribution in [2.75, 3.05) is 6.54 Å². The lowest BCUT2D eigenvalue weighted by molar-refractivity contribution is 0.0698. The molecule has 0 aliphatic carbocycles. The molecule has 0 amide bonds. The number of aromatic carboxylic acids is 1. The Hall–Kier alpha value is -1.81. The molecule has 1 aromatic carbocycles. The van der Waals surface area contributed by atoms with E-state index in [0.29, 0.717) is 12.1 Å². The Morgan fingerprint density at radius 3 is 2.60 bits per heavy atom. The maximum atomic E-state index is 11.6. The molecular formula is C16H22N2O2. The van der Waals surface area contributed by atoms with Crippen molar-refractivity contribution in [3.63, 3.8) is 0 Å². The lowest BCUT2D eigenvalue weighted by Crippen LogP contribution is -2.05. The number of carboxylic acid groups (broad SMARTS) is 1. The first-order valence-electron chi connectivity index (χ1n) is 7.09. The standard InChI is InChI=1S/C16H22N2O2/c1-4-11-7-13-12(5-6-17)9-18(10(2)3)15(13)14(8-11)16(19)20/h7-10H,4-6,17H2,1-3H3,(H,19,20). The first kappa shape index (κ1) is 14.6. The summed E-state index contributed by atoms with van der Waals surface area (Å²) in [5.74, 6) is -0.871. The van der Waals surface area contributed by atoms with Crippen LogP contribution in [-0.2, 0) is 12.8 Å². The zero-order chi connectivity index (χ0) is 14.9. The van der Waals surface area contributed by atoms with Crippen molar-refractivity contribution < 1.29 is 9.90 Å². The van der Waals surface area contributed by atoms with Gasteiger partial charge in [-0.25, -0.2) is 4.79 Å². The van der Waals surface area contributed by atoms with Crippen LogP contribution in [0.2, 0.25) is 0 Å². The van der Waals surface area contributed by atoms with Gasteiger partial charge in [0.15, 0.2) is 0 Å². The van der Waals surface area contributed by atoms with Gasteiger partial charge in [0.05, 0.1) is 11.1 Å². The summed E-state index contributed by atoms with van der Waals surface area (Å²) >= 11 is 0. The number of hydrogen-bond donors (Lipinski definition) is 2. The van der Waals surface area contributed by atoms with Crippen molar-refractivity contribution in [2.45, 2.75) is 39.7 Å². The third kappa shape index (κ3) is 2.43. The van der Waals surface area contributed by atoms with Gasteiger partial charge in [0.25, 0.3) is 0 Å². The van der Waals surface area contributed by atoms with E-state index >= 15 is 0 Å². The first-order valence-corrected chi connectivity index (χ1v) is 7.09. The van der Waals surface area contributed by atoms with Crippen molar-refractivity contribution >= 4 is 16.9 Å². The zero-order valence-corrected chi connectivity index (χ0v) is 12.3. The van der Waals surface area contributed by atoms with Gasteiger partial charge in [0.2, 0.25) is 0 Å². The topological polar surface area (TPSA) is 68.2 Å². The number of nitrogens with zero attached hydrogens (tertiary/aromatic N) is 1. The highest BCUT2D eigenvalue weighted by atomic mass is 16.4. The average Bonchev–Trinajstić information content (AvgIpc) is 2.77. The van der Waals surface area contributed by atoms with Crippen molar-refractivity contribution in [3.05, 3.63) is 35.0 Å². The molecule has 0 atom stereocenters. The lowest BCUT2D eigenvalue weighted by atomic mass is 10.0. The molecule has 0 bridgehead atoms. The average molecular weight is 274 g/mol. The number of aryl methyl sites for hydroxylation is 1. The molecule has 0 aliphatic rings. The second kappa shape index (κ2) is 5.67. The highest BCUT2D eigenvalue weighted by Crippen LogP contribution is 2.30. The van der Waals surface area contributed by atoms with Gasteiger partial charge in [0.1, 0.15) is 0 Å². The van der Waals surface area contributed by atoms with Crippen LogP contribution in [-0.4, -0.2) is 22.2 Å². The van der Waals surface area contributed by atoms with Gasteiger partial charge >= 0.3 is 5.97 Å². The van der Waals surface area contributed by atoms with Gasteiger partial charge in [-0.3, -0.25) is 0 Å². The summed E-state index contributed by atoms with van der Waals surface area (Å²) in [7, 11) is 0. The van der Waals surface area contributed by atoms with Crippen LogP contribution in [0, 0.1) is 0 Å². The Labute approximate surface area is 119 Å². The summed E-state index contributed by atoms with van der Waals surface area (Å²) < 4.78 is 2.04. The highest BCUT2D eigenvalue weighted by molar-refractivity contribution is 6.04. The number of nitrogens with two attached hydrogens (primary N) is 1. The fraction of sp³-hybridized carbons (Fsp3) is 0.438. The predicted molar refractivity (Wildman–Crippen MR) is 81.4 cm³/mol. The quantitative estimate of drug-likeness (QED) is 0.880. The van der Waals surface area contributed by atoms with Crippen molar-refractivity contribution in [2.24, 2.45) is 5.73 Å². The molecule has 0 fully saturated rings. The number of carbonyl (C=O) groups is 1. The molecule has 1 heterocycles. The minimum atomic E-state index is -0.871. The highest BCUT2D eigenvalue weighted by Gasteiger charge is 2.18. The monoisotopic (exact) mass is 274 g/mol. The summed E-state index contributed by atoms with van der Waals surface area (Å²) in [5, 5.41) is 10.5. The summed E-state index contributed by atoms with van der Waals surface area (Å²) in [6.45, 7) is 6.72. The van der Waals surface area contributed by atoms with E-state index in [9.17, 15) is 9.90 Å². The van der Waals surface area contributed by atoms with E-state index in [1.54, 1.807) is 6.07 Å². The van der Waals surface area contributed by atoms with Gasteiger partial charge in [-0.1, -0.05) is 6.92 Å². The molecule has 1 aromatic heterocycles. The smallest absolute Gasteiger partial charge is 0.337 e. The lowest BCUT2D eigenvalue weighted by Gasteiger charge is -2.12. The van der Waals surface area contributed by atoms with E-state index < -0.39 is 5.97 Å². The van der Waals surface area contributed by atoms with Crippen molar-refractivity contribution in [3.8, 4) is 0 Å². The fourth-order valence-electron chi connectivity index (χ4n) is 2.65. The molecular weight excluding hydrogens is 252 g/mol. The number of carboxylic acids is 1. The Bertz CT molecular complexity index is 641. The molecule has 3 N–H and O–H groups in total. The minimum Gasteiger partial charge on any atom is -0.478 e. The van der Waals surface area contributed by atoms with Gasteiger partial charge in [0, 0.05) is 17.6 Å². The SMILES string of the molecule is CCc1cc(C(=O)O)c2c(c1)c(CCN)cn2C(C)C. The largest absolute Gasteiger partial charge is 0.478 e. The molecule has 0 unspecified atom stereocenters. The van der Waals surface area contributed by atoms with Gasteiger partial charge in [-0.2, -0.15) is 0 Å². The van der Waals surface area contributed by atoms with E-state index in [-0.39, 0.29) is 6.04 Å². The van der Waals surface area contributed by atoms with Crippen LogP contribution in [0.15, 0.2) is 18.3 Å². The molecule has 4 nitrogen and oxygen atoms in total. The van der Waals surface area contributed by atoms with Gasteiger partial charge < -0.3 is 15.4 Å². The summed E-state index contributed by atoms with van der Waals surface area (Å²) in [6.07, 6.45) is 3.64. The van der Waals surface area contributed by atoms with Gasteiger partial charge in [-0.15, -0.1) is 0 Å². The molecule has 2 aromatic rings. The van der Waals surface area contributed by atoms with E-state index in [0.717, 1.165) is 34.9 Å². The normalized spacial score (nSPS) is 11.4. The zero-order valence-electron chi connectivity index (χ0n) is 12.3. The maximum absolute atomic E-state index is 11.6. The van der Waals surface area contributed by atoms with Crippen LogP contribution in [0.4, 0.5) is 0 Å². The number of fused-ring (bicyclic) bond motifs is 1. The number of rotatable bonds is 5. The summed E-state index contributed by atoms with van der Waals surface area (Å²) in [5.41, 5.74) is 9.06. The molecule has 2 rings (SSSR count). The third-order valence-electron chi connectivity index (χ3n) is 3.68. The third-order valence-corrected chi connectivity index (χ3v) is 3.68. The molecule has 0 saturated carbocycles. The summed E-state index contributed by atoms with van der Waals surface area (Å²) in [6, 6.07) is 4.11. The minimum absolute atomic E-state index is 0.217. The van der Waals surface area contributed by atoms with Crippen LogP contribution in [0.1, 0.15) is 48.3 Å². The van der Waals surface area contributed by atoms with E-state index in [4.69, 9.17) is 5.73 Å². The van der Waals surface area contributed by atoms with Crippen LogP contribution in [0.3, 0.4) is 0 Å². The molecule has 0 saturated heterocycles. The first-order chi connectivity index (χ1) is 9.49. The number of hydrogen-bond acceptors (Lipinski definition) is 2.